The summed E-state index contributed by atoms with van der Waals surface area (Å²) in [5.74, 6) is 1.20. The molecule has 0 saturated carbocycles. The topological polar surface area (TPSA) is 50.8 Å². The van der Waals surface area contributed by atoms with Crippen molar-refractivity contribution in [2.75, 3.05) is 46.9 Å². The Hall–Kier alpha value is -2.70. The molecule has 2 atom stereocenters. The number of nitrogens with one attached hydrogen (secondary N) is 2. The van der Waals surface area contributed by atoms with E-state index < -0.39 is 0 Å². The minimum atomic E-state index is -0.0424. The molecule has 31 heavy (non-hydrogen) atoms. The smallest absolute Gasteiger partial charge is 0.298 e. The number of likely N-dealkylation sites (N-methyl/N-ethyl adjacent to an activating group) is 1. The molecule has 1 amide bonds. The molecule has 162 valence electrons. The standard InChI is InChI=1S/C25H30N4O2/c1-27-13-15-28(16-14-27)17-23(30)29-25(19-7-10-20(31-2)11-8-19)22-12-9-18-5-3-4-6-21(18)24(22)26-29/h3-8,10-11,22,25H,9,12-17H2,1-2H3/p+2/t22-,25-/m1/s1. The lowest BCUT2D eigenvalue weighted by Gasteiger charge is -2.31. The highest BCUT2D eigenvalue weighted by atomic mass is 16.5. The van der Waals surface area contributed by atoms with Crippen molar-refractivity contribution in [1.29, 1.82) is 0 Å². The van der Waals surface area contributed by atoms with Crippen molar-refractivity contribution in [2.24, 2.45) is 11.0 Å². The average Bonchev–Trinajstić information content (AvgIpc) is 3.21. The Labute approximate surface area is 184 Å². The van der Waals surface area contributed by atoms with Crippen molar-refractivity contribution < 1.29 is 19.3 Å². The number of fused-ring (bicyclic) bond motifs is 3. The van der Waals surface area contributed by atoms with Crippen molar-refractivity contribution in [3.63, 3.8) is 0 Å². The summed E-state index contributed by atoms with van der Waals surface area (Å²) in [5.41, 5.74) is 4.76. The summed E-state index contributed by atoms with van der Waals surface area (Å²) >= 11 is 0. The fraction of sp³-hybridized carbons (Fsp3) is 0.440. The van der Waals surface area contributed by atoms with Crippen molar-refractivity contribution in [1.82, 2.24) is 5.01 Å². The molecular formula is C25H32N4O2+2. The highest BCUT2D eigenvalue weighted by Crippen LogP contribution is 2.43. The third-order valence-electron chi connectivity index (χ3n) is 7.15. The van der Waals surface area contributed by atoms with Crippen LogP contribution < -0.4 is 14.5 Å². The normalized spacial score (nSPS) is 27.3. The molecule has 0 bridgehead atoms. The van der Waals surface area contributed by atoms with E-state index in [0.29, 0.717) is 6.54 Å². The van der Waals surface area contributed by atoms with Gasteiger partial charge in [0.15, 0.2) is 6.54 Å². The van der Waals surface area contributed by atoms with Crippen molar-refractivity contribution >= 4 is 11.6 Å². The lowest BCUT2D eigenvalue weighted by molar-refractivity contribution is -1.000. The van der Waals surface area contributed by atoms with Gasteiger partial charge in [-0.1, -0.05) is 36.4 Å². The number of benzene rings is 2. The van der Waals surface area contributed by atoms with Gasteiger partial charge >= 0.3 is 0 Å². The van der Waals surface area contributed by atoms with Crippen molar-refractivity contribution in [3.05, 3.63) is 65.2 Å². The van der Waals surface area contributed by atoms with Crippen LogP contribution >= 0.6 is 0 Å². The maximum absolute atomic E-state index is 13.5. The summed E-state index contributed by atoms with van der Waals surface area (Å²) in [7, 11) is 3.91. The number of aryl methyl sites for hydroxylation is 1. The minimum absolute atomic E-state index is 0.0424. The summed E-state index contributed by atoms with van der Waals surface area (Å²) in [6.45, 7) is 4.85. The monoisotopic (exact) mass is 420 g/mol. The zero-order valence-electron chi connectivity index (χ0n) is 18.4. The van der Waals surface area contributed by atoms with Crippen molar-refractivity contribution in [2.45, 2.75) is 18.9 Å². The van der Waals surface area contributed by atoms with Crippen LogP contribution in [0.5, 0.6) is 5.75 Å². The van der Waals surface area contributed by atoms with Gasteiger partial charge in [0, 0.05) is 11.5 Å². The van der Waals surface area contributed by atoms with E-state index in [9.17, 15) is 4.79 Å². The van der Waals surface area contributed by atoms with Gasteiger partial charge < -0.3 is 14.5 Å². The molecule has 0 unspecified atom stereocenters. The fourth-order valence-electron chi connectivity index (χ4n) is 5.31. The van der Waals surface area contributed by atoms with E-state index in [1.807, 2.05) is 17.1 Å². The first-order valence-corrected chi connectivity index (χ1v) is 11.4. The van der Waals surface area contributed by atoms with Crippen LogP contribution in [-0.4, -0.2) is 63.5 Å². The fourth-order valence-corrected chi connectivity index (χ4v) is 5.31. The van der Waals surface area contributed by atoms with Gasteiger partial charge in [0.25, 0.3) is 5.91 Å². The molecule has 6 nitrogen and oxygen atoms in total. The van der Waals surface area contributed by atoms with Crippen LogP contribution in [0.3, 0.4) is 0 Å². The van der Waals surface area contributed by atoms with Crippen LogP contribution in [0.4, 0.5) is 0 Å². The van der Waals surface area contributed by atoms with Gasteiger partial charge in [-0.15, -0.1) is 0 Å². The molecule has 1 aliphatic carbocycles. The average molecular weight is 421 g/mol. The summed E-state index contributed by atoms with van der Waals surface area (Å²) in [6.07, 6.45) is 2.04. The van der Waals surface area contributed by atoms with Crippen LogP contribution in [0, 0.1) is 5.92 Å². The number of amides is 1. The third-order valence-corrected chi connectivity index (χ3v) is 7.15. The molecule has 0 spiro atoms. The Morgan fingerprint density at radius 3 is 2.58 bits per heavy atom. The Balaban J connectivity index is 1.46. The number of nitrogens with zero attached hydrogens (tertiary/aromatic N) is 2. The van der Waals surface area contributed by atoms with E-state index >= 15 is 0 Å². The highest BCUT2D eigenvalue weighted by molar-refractivity contribution is 6.06. The third kappa shape index (κ3) is 3.86. The second kappa shape index (κ2) is 8.44. The molecule has 0 radical (unpaired) electrons. The lowest BCUT2D eigenvalue weighted by atomic mass is 9.77. The van der Waals surface area contributed by atoms with Crippen molar-refractivity contribution in [3.8, 4) is 5.75 Å². The van der Waals surface area contributed by atoms with Gasteiger partial charge in [-0.25, -0.2) is 5.01 Å². The van der Waals surface area contributed by atoms with E-state index in [1.54, 1.807) is 12.0 Å². The number of carbonyl (C=O) groups excluding carboxylic acids is 1. The zero-order chi connectivity index (χ0) is 21.4. The molecule has 2 heterocycles. The first kappa shape index (κ1) is 20.2. The molecule has 2 aromatic rings. The number of piperazine rings is 1. The van der Waals surface area contributed by atoms with Crippen LogP contribution in [0.1, 0.15) is 29.2 Å². The molecule has 1 fully saturated rings. The Morgan fingerprint density at radius 2 is 1.84 bits per heavy atom. The molecule has 2 aromatic carbocycles. The minimum Gasteiger partial charge on any atom is -0.497 e. The van der Waals surface area contributed by atoms with E-state index in [0.717, 1.165) is 56.0 Å². The first-order chi connectivity index (χ1) is 15.1. The summed E-state index contributed by atoms with van der Waals surface area (Å²) < 4.78 is 5.35. The molecule has 6 heteroatoms. The summed E-state index contributed by atoms with van der Waals surface area (Å²) in [6, 6.07) is 16.6. The number of quaternary nitrogens is 2. The summed E-state index contributed by atoms with van der Waals surface area (Å²) in [5, 5.41) is 6.79. The number of hydrogen-bond acceptors (Lipinski definition) is 3. The predicted molar refractivity (Wildman–Crippen MR) is 120 cm³/mol. The quantitative estimate of drug-likeness (QED) is 0.729. The molecule has 2 N–H and O–H groups in total. The molecule has 1 saturated heterocycles. The Morgan fingerprint density at radius 1 is 1.10 bits per heavy atom. The number of ether oxygens (including phenoxy) is 1. The van der Waals surface area contributed by atoms with Crippen LogP contribution in [0.2, 0.25) is 0 Å². The number of carbonyl (C=O) groups is 1. The van der Waals surface area contributed by atoms with E-state index in [2.05, 4.69) is 43.4 Å². The maximum Gasteiger partial charge on any atom is 0.298 e. The molecule has 3 aliphatic rings. The number of hydrogen-bond donors (Lipinski definition) is 2. The second-order valence-corrected chi connectivity index (χ2v) is 9.13. The SMILES string of the molecule is COc1ccc([C@@H]2[C@@H]3CCc4ccccc4C3=NN2C(=O)C[NH+]2CC[NH+](C)CC2)cc1. The van der Waals surface area contributed by atoms with Gasteiger partial charge in [-0.2, -0.15) is 5.10 Å². The molecule has 0 aromatic heterocycles. The predicted octanol–water partition coefficient (Wildman–Crippen LogP) is -0.0416. The largest absolute Gasteiger partial charge is 0.497 e. The van der Waals surface area contributed by atoms with Gasteiger partial charge in [0.2, 0.25) is 0 Å². The number of rotatable bonds is 4. The molecule has 2 aliphatic heterocycles. The van der Waals surface area contributed by atoms with Gasteiger partial charge in [0.1, 0.15) is 31.9 Å². The van der Waals surface area contributed by atoms with Gasteiger partial charge in [-0.05, 0) is 36.1 Å². The van der Waals surface area contributed by atoms with E-state index in [1.165, 1.54) is 16.0 Å². The van der Waals surface area contributed by atoms with Crippen LogP contribution in [0.25, 0.3) is 0 Å². The van der Waals surface area contributed by atoms with Crippen LogP contribution in [-0.2, 0) is 11.2 Å². The van der Waals surface area contributed by atoms with Gasteiger partial charge in [-0.3, -0.25) is 4.79 Å². The van der Waals surface area contributed by atoms with Gasteiger partial charge in [0.05, 0.1) is 25.9 Å². The summed E-state index contributed by atoms with van der Waals surface area (Å²) in [4.78, 5) is 16.5. The zero-order valence-corrected chi connectivity index (χ0v) is 18.4. The Bertz CT molecular complexity index is 979. The number of hydrazone groups is 1. The van der Waals surface area contributed by atoms with E-state index in [4.69, 9.17) is 9.84 Å². The Kier molecular flexibility index (Phi) is 5.50. The molecular weight excluding hydrogens is 388 g/mol. The second-order valence-electron chi connectivity index (χ2n) is 9.13. The van der Waals surface area contributed by atoms with E-state index in [-0.39, 0.29) is 17.9 Å². The van der Waals surface area contributed by atoms with Crippen LogP contribution in [0.15, 0.2) is 53.6 Å². The number of methoxy groups -OCH3 is 1. The molecule has 5 rings (SSSR count). The highest BCUT2D eigenvalue weighted by Gasteiger charge is 2.44. The first-order valence-electron chi connectivity index (χ1n) is 11.4. The lowest BCUT2D eigenvalue weighted by Crippen LogP contribution is -3.27. The maximum atomic E-state index is 13.5.